The molecule has 0 amide bonds. The molecule has 0 spiro atoms. The summed E-state index contributed by atoms with van der Waals surface area (Å²) in [5.74, 6) is 2.04. The fraction of sp³-hybridized carbons (Fsp3) is 0.471. The Bertz CT molecular complexity index is 682. The number of allylic oxidation sites excluding steroid dienone is 2. The molecule has 2 heterocycles. The van der Waals surface area contributed by atoms with Gasteiger partial charge in [-0.1, -0.05) is 0 Å². The molecule has 4 heteroatoms. The van der Waals surface area contributed by atoms with Gasteiger partial charge in [0.1, 0.15) is 18.2 Å². The van der Waals surface area contributed by atoms with Crippen molar-refractivity contribution in [2.75, 3.05) is 6.73 Å². The summed E-state index contributed by atoms with van der Waals surface area (Å²) in [4.78, 5) is 14.8. The topological polar surface area (TPSA) is 38.8 Å². The second-order valence-electron chi connectivity index (χ2n) is 6.38. The minimum atomic E-state index is -0.000514. The van der Waals surface area contributed by atoms with Crippen LogP contribution in [0.25, 0.3) is 0 Å². The smallest absolute Gasteiger partial charge is 0.231 e. The first-order valence-corrected chi connectivity index (χ1v) is 7.49. The van der Waals surface area contributed by atoms with Crippen LogP contribution in [0.5, 0.6) is 11.5 Å². The number of carbonyl (C=O) groups excluding carboxylic acids is 1. The largest absolute Gasteiger partial charge is 0.477 e. The Hall–Kier alpha value is -1.81. The van der Waals surface area contributed by atoms with Crippen LogP contribution < -0.4 is 9.47 Å². The van der Waals surface area contributed by atoms with Crippen molar-refractivity contribution in [3.8, 4) is 11.5 Å². The maximum Gasteiger partial charge on any atom is 0.231 e. The molecule has 1 fully saturated rings. The van der Waals surface area contributed by atoms with E-state index in [-0.39, 0.29) is 5.78 Å². The van der Waals surface area contributed by atoms with Gasteiger partial charge in [0.15, 0.2) is 5.76 Å². The van der Waals surface area contributed by atoms with Gasteiger partial charge in [0, 0.05) is 23.7 Å². The lowest BCUT2D eigenvalue weighted by Crippen LogP contribution is -2.34. The summed E-state index contributed by atoms with van der Waals surface area (Å²) in [5, 5.41) is 0. The van der Waals surface area contributed by atoms with Crippen molar-refractivity contribution in [3.63, 3.8) is 0 Å². The molecule has 1 aromatic rings. The van der Waals surface area contributed by atoms with Crippen LogP contribution in [0.3, 0.4) is 0 Å². The first-order valence-electron chi connectivity index (χ1n) is 7.49. The van der Waals surface area contributed by atoms with E-state index in [0.29, 0.717) is 29.8 Å². The Balaban J connectivity index is 1.79. The van der Waals surface area contributed by atoms with E-state index in [0.717, 1.165) is 29.0 Å². The quantitative estimate of drug-likeness (QED) is 0.743. The number of rotatable bonds is 1. The Morgan fingerprint density at radius 2 is 2.05 bits per heavy atom. The number of fused-ring (bicyclic) bond motifs is 2. The average molecular weight is 285 g/mol. The van der Waals surface area contributed by atoms with Gasteiger partial charge in [0.2, 0.25) is 5.78 Å². The second-order valence-corrected chi connectivity index (χ2v) is 6.38. The molecule has 0 atom stereocenters. The predicted molar refractivity (Wildman–Crippen MR) is 78.6 cm³/mol. The van der Waals surface area contributed by atoms with Gasteiger partial charge in [-0.2, -0.15) is 0 Å². The molecule has 0 aromatic heterocycles. The molecule has 2 aliphatic heterocycles. The van der Waals surface area contributed by atoms with Gasteiger partial charge < -0.3 is 9.47 Å². The Kier molecular flexibility index (Phi) is 2.67. The van der Waals surface area contributed by atoms with E-state index in [1.54, 1.807) is 0 Å². The molecule has 0 saturated heterocycles. The van der Waals surface area contributed by atoms with Crippen molar-refractivity contribution in [2.45, 2.75) is 46.2 Å². The normalized spacial score (nSPS) is 20.7. The standard InChI is InChI=1S/C17H19NO3/c1-9(2)15-14(19)13-6-11-7-18(12-4-5-12)8-20-16(11)10(3)17(13)21-15/h6,12H,4-5,7-8H2,1-3H3. The van der Waals surface area contributed by atoms with Crippen molar-refractivity contribution in [2.24, 2.45) is 0 Å². The van der Waals surface area contributed by atoms with Gasteiger partial charge in [-0.25, -0.2) is 0 Å². The molecule has 4 nitrogen and oxygen atoms in total. The molecule has 1 saturated carbocycles. The lowest BCUT2D eigenvalue weighted by atomic mass is 10.00. The summed E-state index contributed by atoms with van der Waals surface area (Å²) in [6.07, 6.45) is 2.51. The molecule has 0 bridgehead atoms. The first kappa shape index (κ1) is 12.9. The van der Waals surface area contributed by atoms with Crippen LogP contribution >= 0.6 is 0 Å². The van der Waals surface area contributed by atoms with Crippen molar-refractivity contribution < 1.29 is 14.3 Å². The summed E-state index contributed by atoms with van der Waals surface area (Å²) in [6, 6.07) is 2.62. The highest BCUT2D eigenvalue weighted by molar-refractivity contribution is 6.13. The second kappa shape index (κ2) is 4.34. The van der Waals surface area contributed by atoms with Gasteiger partial charge in [-0.3, -0.25) is 9.69 Å². The maximum absolute atomic E-state index is 12.5. The van der Waals surface area contributed by atoms with E-state index in [4.69, 9.17) is 9.47 Å². The van der Waals surface area contributed by atoms with Crippen LogP contribution in [-0.4, -0.2) is 23.5 Å². The molecule has 3 aliphatic rings. The van der Waals surface area contributed by atoms with Crippen molar-refractivity contribution in [1.29, 1.82) is 0 Å². The summed E-state index contributed by atoms with van der Waals surface area (Å²) < 4.78 is 11.7. The van der Waals surface area contributed by atoms with Gasteiger partial charge >= 0.3 is 0 Å². The van der Waals surface area contributed by atoms with Crippen LogP contribution in [0.4, 0.5) is 0 Å². The highest BCUT2D eigenvalue weighted by Crippen LogP contribution is 2.44. The summed E-state index contributed by atoms with van der Waals surface area (Å²) in [7, 11) is 0. The third kappa shape index (κ3) is 1.89. The van der Waals surface area contributed by atoms with Crippen LogP contribution in [-0.2, 0) is 6.54 Å². The number of hydrogen-bond donors (Lipinski definition) is 0. The van der Waals surface area contributed by atoms with Crippen LogP contribution in [0.1, 0.15) is 48.2 Å². The number of ether oxygens (including phenoxy) is 2. The third-order valence-electron chi connectivity index (χ3n) is 4.46. The molecule has 0 radical (unpaired) electrons. The molecular formula is C17H19NO3. The highest BCUT2D eigenvalue weighted by Gasteiger charge is 2.37. The number of carbonyl (C=O) groups is 1. The van der Waals surface area contributed by atoms with Crippen molar-refractivity contribution >= 4 is 5.78 Å². The molecule has 0 unspecified atom stereocenters. The minimum Gasteiger partial charge on any atom is -0.477 e. The zero-order chi connectivity index (χ0) is 14.7. The number of ketones is 1. The van der Waals surface area contributed by atoms with Gasteiger partial charge in [-0.05, 0) is 45.3 Å². The van der Waals surface area contributed by atoms with E-state index < -0.39 is 0 Å². The van der Waals surface area contributed by atoms with E-state index in [2.05, 4.69) is 4.90 Å². The molecule has 110 valence electrons. The maximum atomic E-state index is 12.5. The van der Waals surface area contributed by atoms with Crippen molar-refractivity contribution in [1.82, 2.24) is 4.90 Å². The molecule has 21 heavy (non-hydrogen) atoms. The van der Waals surface area contributed by atoms with E-state index in [1.807, 2.05) is 26.8 Å². The molecule has 4 rings (SSSR count). The minimum absolute atomic E-state index is 0.000514. The molecule has 0 N–H and O–H groups in total. The van der Waals surface area contributed by atoms with Gasteiger partial charge in [0.25, 0.3) is 0 Å². The lowest BCUT2D eigenvalue weighted by molar-refractivity contribution is 0.0872. The fourth-order valence-corrected chi connectivity index (χ4v) is 3.16. The van der Waals surface area contributed by atoms with E-state index >= 15 is 0 Å². The zero-order valence-electron chi connectivity index (χ0n) is 12.7. The molecule has 1 aliphatic carbocycles. The fourth-order valence-electron chi connectivity index (χ4n) is 3.16. The summed E-state index contributed by atoms with van der Waals surface area (Å²) in [6.45, 7) is 7.29. The Morgan fingerprint density at radius 3 is 2.71 bits per heavy atom. The zero-order valence-corrected chi connectivity index (χ0v) is 12.7. The van der Waals surface area contributed by atoms with E-state index in [9.17, 15) is 4.79 Å². The number of nitrogens with zero attached hydrogens (tertiary/aromatic N) is 1. The highest BCUT2D eigenvalue weighted by atomic mass is 16.5. The Labute approximate surface area is 124 Å². The monoisotopic (exact) mass is 285 g/mol. The SMILES string of the molecule is CC(C)=C1Oc2c(cc3c(c2C)OCN(C2CC2)C3)C1=O. The Morgan fingerprint density at radius 1 is 1.29 bits per heavy atom. The summed E-state index contributed by atoms with van der Waals surface area (Å²) >= 11 is 0. The molecular weight excluding hydrogens is 266 g/mol. The van der Waals surface area contributed by atoms with Crippen LogP contribution in [0, 0.1) is 6.92 Å². The number of hydrogen-bond acceptors (Lipinski definition) is 4. The van der Waals surface area contributed by atoms with Crippen LogP contribution in [0.2, 0.25) is 0 Å². The average Bonchev–Trinajstić information content (AvgIpc) is 3.24. The van der Waals surface area contributed by atoms with Gasteiger partial charge in [-0.15, -0.1) is 0 Å². The molecule has 1 aromatic carbocycles. The van der Waals surface area contributed by atoms with E-state index in [1.165, 1.54) is 12.8 Å². The van der Waals surface area contributed by atoms with Crippen LogP contribution in [0.15, 0.2) is 17.4 Å². The predicted octanol–water partition coefficient (Wildman–Crippen LogP) is 3.18. The number of Topliss-reactive ketones (excluding diaryl/α,β-unsaturated/α-hetero) is 1. The third-order valence-corrected chi connectivity index (χ3v) is 4.46. The first-order chi connectivity index (χ1) is 10.1. The summed E-state index contributed by atoms with van der Waals surface area (Å²) in [5.41, 5.74) is 3.65. The number of benzene rings is 1. The van der Waals surface area contributed by atoms with Crippen molar-refractivity contribution in [3.05, 3.63) is 34.1 Å². The van der Waals surface area contributed by atoms with Gasteiger partial charge in [0.05, 0.1) is 5.56 Å². The lowest BCUT2D eigenvalue weighted by Gasteiger charge is -2.30.